The Morgan fingerprint density at radius 3 is 2.50 bits per heavy atom. The summed E-state index contributed by atoms with van der Waals surface area (Å²) in [4.78, 5) is 0.234. The Morgan fingerprint density at radius 2 is 1.92 bits per heavy atom. The molecule has 0 aliphatic heterocycles. The lowest BCUT2D eigenvalue weighted by Gasteiger charge is -2.21. The Balaban J connectivity index is 1.78. The van der Waals surface area contributed by atoms with E-state index in [-0.39, 0.29) is 15.7 Å². The summed E-state index contributed by atoms with van der Waals surface area (Å²) < 4.78 is 29.7. The number of rotatable bonds is 7. The van der Waals surface area contributed by atoms with Gasteiger partial charge in [-0.25, -0.2) is 13.1 Å². The number of benzene rings is 1. The maximum absolute atomic E-state index is 12.6. The second-order valence-electron chi connectivity index (χ2n) is 7.27. The maximum Gasteiger partial charge on any atom is 0.243 e. The zero-order valence-electron chi connectivity index (χ0n) is 14.5. The standard InChI is InChI=1S/C18H25N3O2S/c1-4-10-21-12-16(11-19-21)24(22,23)20-14-18(13-17(18,2)3)15-8-6-5-7-9-15/h5-9,11-12,20H,4,10,13-14H2,1-3H3. The lowest BCUT2D eigenvalue weighted by molar-refractivity contribution is 0.483. The van der Waals surface area contributed by atoms with Gasteiger partial charge in [0.05, 0.1) is 6.20 Å². The molecule has 24 heavy (non-hydrogen) atoms. The van der Waals surface area contributed by atoms with Gasteiger partial charge in [-0.1, -0.05) is 51.1 Å². The molecular formula is C18H25N3O2S. The molecule has 0 radical (unpaired) electrons. The highest BCUT2D eigenvalue weighted by Crippen LogP contribution is 2.63. The topological polar surface area (TPSA) is 64.0 Å². The van der Waals surface area contributed by atoms with Gasteiger partial charge in [0.15, 0.2) is 0 Å². The van der Waals surface area contributed by atoms with Gasteiger partial charge in [-0.05, 0) is 23.8 Å². The summed E-state index contributed by atoms with van der Waals surface area (Å²) in [5.41, 5.74) is 1.14. The molecule has 1 saturated carbocycles. The van der Waals surface area contributed by atoms with E-state index in [1.807, 2.05) is 25.1 Å². The summed E-state index contributed by atoms with van der Waals surface area (Å²) in [6.07, 6.45) is 4.91. The Labute approximate surface area is 144 Å². The van der Waals surface area contributed by atoms with Gasteiger partial charge in [-0.2, -0.15) is 5.10 Å². The number of nitrogens with one attached hydrogen (secondary N) is 1. The first kappa shape index (κ1) is 17.2. The first-order chi connectivity index (χ1) is 11.3. The highest BCUT2D eigenvalue weighted by atomic mass is 32.2. The largest absolute Gasteiger partial charge is 0.271 e. The fourth-order valence-electron chi connectivity index (χ4n) is 3.50. The van der Waals surface area contributed by atoms with Crippen molar-refractivity contribution in [1.82, 2.24) is 14.5 Å². The van der Waals surface area contributed by atoms with E-state index in [9.17, 15) is 8.42 Å². The Kier molecular flexibility index (Phi) is 4.30. The predicted octanol–water partition coefficient (Wildman–Crippen LogP) is 2.94. The van der Waals surface area contributed by atoms with Crippen molar-refractivity contribution in [3.05, 3.63) is 48.3 Å². The van der Waals surface area contributed by atoms with Gasteiger partial charge in [-0.3, -0.25) is 4.68 Å². The van der Waals surface area contributed by atoms with Crippen molar-refractivity contribution < 1.29 is 8.42 Å². The van der Waals surface area contributed by atoms with Gasteiger partial charge in [0.1, 0.15) is 4.90 Å². The van der Waals surface area contributed by atoms with Crippen LogP contribution in [0.5, 0.6) is 0 Å². The highest BCUT2D eigenvalue weighted by Gasteiger charge is 2.61. The second kappa shape index (κ2) is 6.01. The van der Waals surface area contributed by atoms with Gasteiger partial charge in [0.25, 0.3) is 0 Å². The Hall–Kier alpha value is -1.66. The van der Waals surface area contributed by atoms with E-state index in [1.165, 1.54) is 11.8 Å². The molecule has 1 aromatic carbocycles. The molecule has 0 bridgehead atoms. The smallest absolute Gasteiger partial charge is 0.243 e. The fraction of sp³-hybridized carbons (Fsp3) is 0.500. The van der Waals surface area contributed by atoms with E-state index in [0.717, 1.165) is 19.4 Å². The van der Waals surface area contributed by atoms with Crippen molar-refractivity contribution >= 4 is 10.0 Å². The summed E-state index contributed by atoms with van der Waals surface area (Å²) in [6, 6.07) is 10.2. The van der Waals surface area contributed by atoms with Crippen LogP contribution in [0.2, 0.25) is 0 Å². The number of hydrogen-bond acceptors (Lipinski definition) is 3. The third kappa shape index (κ3) is 3.00. The summed E-state index contributed by atoms with van der Waals surface area (Å²) in [7, 11) is -3.54. The number of sulfonamides is 1. The minimum atomic E-state index is -3.54. The van der Waals surface area contributed by atoms with Crippen LogP contribution in [0.3, 0.4) is 0 Å². The van der Waals surface area contributed by atoms with Crippen LogP contribution >= 0.6 is 0 Å². The monoisotopic (exact) mass is 347 g/mol. The van der Waals surface area contributed by atoms with E-state index in [0.29, 0.717) is 6.54 Å². The lowest BCUT2D eigenvalue weighted by atomic mass is 9.88. The van der Waals surface area contributed by atoms with E-state index in [2.05, 4.69) is 35.8 Å². The molecule has 1 N–H and O–H groups in total. The molecule has 1 heterocycles. The number of aryl methyl sites for hydroxylation is 1. The molecule has 5 nitrogen and oxygen atoms in total. The molecule has 0 amide bonds. The summed E-state index contributed by atoms with van der Waals surface area (Å²) >= 11 is 0. The van der Waals surface area contributed by atoms with Gasteiger partial charge < -0.3 is 0 Å². The molecule has 1 aromatic heterocycles. The van der Waals surface area contributed by atoms with E-state index in [4.69, 9.17) is 0 Å². The fourth-order valence-corrected chi connectivity index (χ4v) is 4.55. The van der Waals surface area contributed by atoms with E-state index < -0.39 is 10.0 Å². The van der Waals surface area contributed by atoms with E-state index in [1.54, 1.807) is 10.9 Å². The predicted molar refractivity (Wildman–Crippen MR) is 94.2 cm³/mol. The molecule has 1 aliphatic rings. The number of hydrogen-bond donors (Lipinski definition) is 1. The van der Waals surface area contributed by atoms with Gasteiger partial charge in [0, 0.05) is 24.7 Å². The average Bonchev–Trinajstić information content (AvgIpc) is 2.88. The normalized spacial score (nSPS) is 22.5. The van der Waals surface area contributed by atoms with Crippen LogP contribution < -0.4 is 4.72 Å². The van der Waals surface area contributed by atoms with Crippen LogP contribution in [0.1, 0.15) is 39.2 Å². The maximum atomic E-state index is 12.6. The lowest BCUT2D eigenvalue weighted by Crippen LogP contribution is -2.34. The van der Waals surface area contributed by atoms with Crippen molar-refractivity contribution in [2.24, 2.45) is 5.41 Å². The van der Waals surface area contributed by atoms with E-state index >= 15 is 0 Å². The molecule has 0 spiro atoms. The number of nitrogens with zero attached hydrogens (tertiary/aromatic N) is 2. The molecule has 0 saturated heterocycles. The minimum absolute atomic E-state index is 0.0866. The number of aromatic nitrogens is 2. The Morgan fingerprint density at radius 1 is 1.25 bits per heavy atom. The van der Waals surface area contributed by atoms with Crippen molar-refractivity contribution in [3.63, 3.8) is 0 Å². The zero-order chi connectivity index (χ0) is 17.4. The summed E-state index contributed by atoms with van der Waals surface area (Å²) in [5.74, 6) is 0. The van der Waals surface area contributed by atoms with Crippen LogP contribution in [0.25, 0.3) is 0 Å². The van der Waals surface area contributed by atoms with Gasteiger partial charge in [-0.15, -0.1) is 0 Å². The van der Waals surface area contributed by atoms with Crippen LogP contribution in [0.15, 0.2) is 47.6 Å². The molecule has 3 rings (SSSR count). The molecule has 1 unspecified atom stereocenters. The molecule has 6 heteroatoms. The van der Waals surface area contributed by atoms with Gasteiger partial charge in [0.2, 0.25) is 10.0 Å². The van der Waals surface area contributed by atoms with Crippen LogP contribution in [-0.4, -0.2) is 24.7 Å². The molecule has 1 atom stereocenters. The third-order valence-corrected chi connectivity index (χ3v) is 6.53. The molecule has 2 aromatic rings. The SMILES string of the molecule is CCCn1cc(S(=O)(=O)NCC2(c3ccccc3)CC2(C)C)cn1. The van der Waals surface area contributed by atoms with Crippen LogP contribution in [0.4, 0.5) is 0 Å². The average molecular weight is 347 g/mol. The third-order valence-electron chi connectivity index (χ3n) is 5.18. The second-order valence-corrected chi connectivity index (χ2v) is 9.04. The quantitative estimate of drug-likeness (QED) is 0.837. The van der Waals surface area contributed by atoms with Crippen LogP contribution in [-0.2, 0) is 22.0 Å². The minimum Gasteiger partial charge on any atom is -0.271 e. The first-order valence-corrected chi connectivity index (χ1v) is 9.87. The zero-order valence-corrected chi connectivity index (χ0v) is 15.3. The molecule has 1 fully saturated rings. The molecule has 1 aliphatic carbocycles. The molecular weight excluding hydrogens is 322 g/mol. The molecule has 130 valence electrons. The summed E-state index contributed by atoms with van der Waals surface area (Å²) in [5, 5.41) is 4.12. The van der Waals surface area contributed by atoms with Crippen molar-refractivity contribution in [3.8, 4) is 0 Å². The van der Waals surface area contributed by atoms with Crippen molar-refractivity contribution in [2.45, 2.75) is 50.5 Å². The Bertz CT molecular complexity index is 812. The highest BCUT2D eigenvalue weighted by molar-refractivity contribution is 7.89. The van der Waals surface area contributed by atoms with Crippen molar-refractivity contribution in [2.75, 3.05) is 6.54 Å². The first-order valence-electron chi connectivity index (χ1n) is 8.38. The summed E-state index contributed by atoms with van der Waals surface area (Å²) in [6.45, 7) is 7.54. The van der Waals surface area contributed by atoms with Crippen LogP contribution in [0, 0.1) is 5.41 Å². The van der Waals surface area contributed by atoms with Gasteiger partial charge >= 0.3 is 0 Å². The van der Waals surface area contributed by atoms with Crippen molar-refractivity contribution in [1.29, 1.82) is 0 Å².